The summed E-state index contributed by atoms with van der Waals surface area (Å²) >= 11 is 6.20. The molecule has 2 atom stereocenters. The number of urea groups is 1. The number of nitrogens with one attached hydrogen (secondary N) is 3. The van der Waals surface area contributed by atoms with Gasteiger partial charge < -0.3 is 20.3 Å². The van der Waals surface area contributed by atoms with E-state index in [4.69, 9.17) is 16.3 Å². The van der Waals surface area contributed by atoms with Crippen LogP contribution in [0, 0.1) is 0 Å². The summed E-state index contributed by atoms with van der Waals surface area (Å²) in [5.41, 5.74) is 3.36. The Morgan fingerprint density at radius 3 is 2.43 bits per heavy atom. The third kappa shape index (κ3) is 8.75. The number of unbranched alkanes of at least 4 members (excludes halogenated alkanes) is 5. The standard InChI is InChI=1S/C36H47ClN4O4S/c1-4-5-6-7-8-9-22-41-33(25-39-35(41)42)27-12-17-30(18-13-27)46(43,44)40-29-15-10-26(11-16-29)20-21-38-32-24-36(2,3)45-34-23-28(37)14-19-31(32)34/h10-19,23,32-33,38,40H,4-9,20-22,24-25H2,1-3H3,(H,39,42). The molecule has 3 N–H and O–H groups in total. The van der Waals surface area contributed by atoms with E-state index in [1.54, 1.807) is 24.3 Å². The second kappa shape index (κ2) is 15.1. The maximum atomic E-state index is 13.2. The van der Waals surface area contributed by atoms with Gasteiger partial charge >= 0.3 is 6.03 Å². The predicted octanol–water partition coefficient (Wildman–Crippen LogP) is 8.00. The molecule has 2 heterocycles. The lowest BCUT2D eigenvalue weighted by molar-refractivity contribution is 0.0662. The maximum absolute atomic E-state index is 13.2. The van der Waals surface area contributed by atoms with Gasteiger partial charge in [0.05, 0.1) is 10.9 Å². The Kier molecular flexibility index (Phi) is 11.2. The van der Waals surface area contributed by atoms with Crippen LogP contribution in [0.3, 0.4) is 0 Å². The summed E-state index contributed by atoms with van der Waals surface area (Å²) in [5.74, 6) is 0.823. The minimum atomic E-state index is -3.77. The molecule has 0 aliphatic carbocycles. The van der Waals surface area contributed by atoms with Crippen molar-refractivity contribution in [3.05, 3.63) is 88.4 Å². The first-order valence-electron chi connectivity index (χ1n) is 16.5. The SMILES string of the molecule is CCCCCCCCN1C(=O)NCC1c1ccc(S(=O)(=O)Nc2ccc(CCNC3CC(C)(C)Oc4cc(Cl)ccc43)cc2)cc1. The Morgan fingerprint density at radius 1 is 0.978 bits per heavy atom. The van der Waals surface area contributed by atoms with Crippen LogP contribution in [0.25, 0.3) is 0 Å². The normalized spacial score (nSPS) is 19.0. The van der Waals surface area contributed by atoms with Crippen molar-refractivity contribution in [2.24, 2.45) is 0 Å². The number of hydrogen-bond acceptors (Lipinski definition) is 5. The number of amides is 2. The Hall–Kier alpha value is -3.27. The smallest absolute Gasteiger partial charge is 0.318 e. The van der Waals surface area contributed by atoms with E-state index in [0.29, 0.717) is 23.8 Å². The van der Waals surface area contributed by atoms with Gasteiger partial charge in [-0.1, -0.05) is 81.0 Å². The minimum absolute atomic E-state index is 0.0561. The van der Waals surface area contributed by atoms with Crippen LogP contribution in [0.5, 0.6) is 5.75 Å². The van der Waals surface area contributed by atoms with Gasteiger partial charge in [0.15, 0.2) is 0 Å². The number of hydrogen-bond donors (Lipinski definition) is 3. The van der Waals surface area contributed by atoms with Crippen molar-refractivity contribution in [1.29, 1.82) is 0 Å². The number of carbonyl (C=O) groups is 1. The Morgan fingerprint density at radius 2 is 1.70 bits per heavy atom. The van der Waals surface area contributed by atoms with Gasteiger partial charge in [-0.05, 0) is 80.8 Å². The largest absolute Gasteiger partial charge is 0.487 e. The van der Waals surface area contributed by atoms with E-state index in [9.17, 15) is 13.2 Å². The first kappa shape index (κ1) is 34.1. The van der Waals surface area contributed by atoms with Gasteiger partial charge in [-0.2, -0.15) is 0 Å². The summed E-state index contributed by atoms with van der Waals surface area (Å²) in [6.07, 6.45) is 8.61. The fraction of sp³-hybridized carbons (Fsp3) is 0.472. The molecule has 0 aromatic heterocycles. The summed E-state index contributed by atoms with van der Waals surface area (Å²) in [6, 6.07) is 20.2. The molecule has 3 aromatic carbocycles. The molecule has 1 fully saturated rings. The quantitative estimate of drug-likeness (QED) is 0.143. The van der Waals surface area contributed by atoms with Gasteiger partial charge in [0, 0.05) is 41.8 Å². The maximum Gasteiger partial charge on any atom is 0.318 e. The number of ether oxygens (including phenoxy) is 1. The van der Waals surface area contributed by atoms with E-state index in [0.717, 1.165) is 54.7 Å². The van der Waals surface area contributed by atoms with Crippen molar-refractivity contribution >= 4 is 33.3 Å². The second-order valence-corrected chi connectivity index (χ2v) is 15.2. The summed E-state index contributed by atoms with van der Waals surface area (Å²) in [4.78, 5) is 14.5. The van der Waals surface area contributed by atoms with Gasteiger partial charge in [0.1, 0.15) is 11.4 Å². The molecule has 8 nitrogen and oxygen atoms in total. The van der Waals surface area contributed by atoms with Crippen LogP contribution in [0.4, 0.5) is 10.5 Å². The fourth-order valence-electron chi connectivity index (χ4n) is 6.38. The average molecular weight is 667 g/mol. The number of anilines is 1. The Bertz CT molecular complexity index is 1580. The van der Waals surface area contributed by atoms with Crippen molar-refractivity contribution in [3.63, 3.8) is 0 Å². The third-order valence-corrected chi connectivity index (χ3v) is 10.5. The Labute approximate surface area is 279 Å². The molecule has 5 rings (SSSR count). The van der Waals surface area contributed by atoms with E-state index in [1.165, 1.54) is 25.7 Å². The van der Waals surface area contributed by atoms with Crippen LogP contribution >= 0.6 is 11.6 Å². The van der Waals surface area contributed by atoms with Crippen molar-refractivity contribution in [2.45, 2.75) is 94.7 Å². The van der Waals surface area contributed by atoms with Crippen LogP contribution in [0.2, 0.25) is 5.02 Å². The number of fused-ring (bicyclic) bond motifs is 1. The molecule has 2 unspecified atom stereocenters. The number of benzene rings is 3. The van der Waals surface area contributed by atoms with Crippen molar-refractivity contribution < 1.29 is 17.9 Å². The first-order chi connectivity index (χ1) is 22.0. The lowest BCUT2D eigenvalue weighted by atomic mass is 9.89. The number of nitrogens with zero attached hydrogens (tertiary/aromatic N) is 1. The molecule has 0 spiro atoms. The molecular formula is C36H47ClN4O4S. The van der Waals surface area contributed by atoms with Crippen LogP contribution in [-0.4, -0.2) is 44.6 Å². The lowest BCUT2D eigenvalue weighted by Crippen LogP contribution is -2.40. The molecule has 3 aromatic rings. The molecule has 10 heteroatoms. The first-order valence-corrected chi connectivity index (χ1v) is 18.4. The zero-order valence-electron chi connectivity index (χ0n) is 27.2. The zero-order chi connectivity index (χ0) is 32.7. The number of halogens is 1. The molecule has 46 heavy (non-hydrogen) atoms. The van der Waals surface area contributed by atoms with Crippen molar-refractivity contribution in [2.75, 3.05) is 24.4 Å². The minimum Gasteiger partial charge on any atom is -0.487 e. The topological polar surface area (TPSA) is 99.8 Å². The zero-order valence-corrected chi connectivity index (χ0v) is 28.7. The third-order valence-electron chi connectivity index (χ3n) is 8.86. The molecule has 2 aliphatic rings. The summed E-state index contributed by atoms with van der Waals surface area (Å²) in [7, 11) is -3.77. The van der Waals surface area contributed by atoms with Crippen LogP contribution in [-0.2, 0) is 16.4 Å². The molecular weight excluding hydrogens is 620 g/mol. The Balaban J connectivity index is 1.13. The van der Waals surface area contributed by atoms with Gasteiger partial charge in [0.2, 0.25) is 0 Å². The number of carbonyl (C=O) groups excluding carboxylic acids is 1. The van der Waals surface area contributed by atoms with Gasteiger partial charge in [-0.15, -0.1) is 0 Å². The van der Waals surface area contributed by atoms with Gasteiger partial charge in [-0.25, -0.2) is 13.2 Å². The lowest BCUT2D eigenvalue weighted by Gasteiger charge is -2.38. The number of sulfonamides is 1. The molecule has 2 aliphatic heterocycles. The van der Waals surface area contributed by atoms with Crippen molar-refractivity contribution in [1.82, 2.24) is 15.5 Å². The fourth-order valence-corrected chi connectivity index (χ4v) is 7.60. The van der Waals surface area contributed by atoms with Gasteiger partial charge in [-0.3, -0.25) is 4.72 Å². The van der Waals surface area contributed by atoms with E-state index in [2.05, 4.69) is 36.1 Å². The monoisotopic (exact) mass is 666 g/mol. The van der Waals surface area contributed by atoms with Crippen LogP contribution in [0.1, 0.15) is 94.5 Å². The van der Waals surface area contributed by atoms with E-state index < -0.39 is 10.0 Å². The number of rotatable bonds is 15. The molecule has 2 amide bonds. The second-order valence-electron chi connectivity index (χ2n) is 13.0. The molecule has 0 radical (unpaired) electrons. The summed E-state index contributed by atoms with van der Waals surface area (Å²) < 4.78 is 35.2. The highest BCUT2D eigenvalue weighted by Crippen LogP contribution is 2.40. The average Bonchev–Trinajstić information content (AvgIpc) is 3.38. The molecule has 248 valence electrons. The van der Waals surface area contributed by atoms with E-state index in [-0.39, 0.29) is 28.6 Å². The van der Waals surface area contributed by atoms with E-state index in [1.807, 2.05) is 47.4 Å². The van der Waals surface area contributed by atoms with E-state index >= 15 is 0 Å². The van der Waals surface area contributed by atoms with Crippen LogP contribution in [0.15, 0.2) is 71.6 Å². The highest BCUT2D eigenvalue weighted by atomic mass is 35.5. The summed E-state index contributed by atoms with van der Waals surface area (Å²) in [6.45, 7) is 8.36. The molecule has 0 saturated carbocycles. The van der Waals surface area contributed by atoms with Crippen molar-refractivity contribution in [3.8, 4) is 5.75 Å². The highest BCUT2D eigenvalue weighted by molar-refractivity contribution is 7.92. The highest BCUT2D eigenvalue weighted by Gasteiger charge is 2.34. The molecule has 0 bridgehead atoms. The van der Waals surface area contributed by atoms with Crippen LogP contribution < -0.4 is 20.1 Å². The van der Waals surface area contributed by atoms with Gasteiger partial charge in [0.25, 0.3) is 10.0 Å². The molecule has 1 saturated heterocycles. The predicted molar refractivity (Wildman–Crippen MR) is 185 cm³/mol. The summed E-state index contributed by atoms with van der Waals surface area (Å²) in [5, 5.41) is 7.27.